The van der Waals surface area contributed by atoms with Crippen LogP contribution in [0, 0.1) is 12.7 Å². The fraction of sp³-hybridized carbons (Fsp3) is 0.0909. The first-order valence-corrected chi connectivity index (χ1v) is 4.07. The zero-order chi connectivity index (χ0) is 9.42. The number of phenols is 1. The molecule has 0 saturated heterocycles. The van der Waals surface area contributed by atoms with Gasteiger partial charge in [0.05, 0.1) is 0 Å². The lowest BCUT2D eigenvalue weighted by molar-refractivity contribution is 0.436. The van der Waals surface area contributed by atoms with Gasteiger partial charge in [0.1, 0.15) is 0 Å². The summed E-state index contributed by atoms with van der Waals surface area (Å²) in [5.41, 5.74) is 0.839. The molecule has 2 aromatic carbocycles. The summed E-state index contributed by atoms with van der Waals surface area (Å²) in [5.74, 6) is -0.822. The zero-order valence-corrected chi connectivity index (χ0v) is 7.21. The molecule has 0 aliphatic rings. The van der Waals surface area contributed by atoms with E-state index in [2.05, 4.69) is 0 Å². The molecule has 0 unspecified atom stereocenters. The Morgan fingerprint density at radius 3 is 2.69 bits per heavy atom. The minimum atomic E-state index is -0.532. The molecule has 0 aromatic heterocycles. The van der Waals surface area contributed by atoms with Crippen molar-refractivity contribution in [3.05, 3.63) is 41.7 Å². The smallest absolute Gasteiger partial charge is 0.172 e. The molecule has 1 N–H and O–H groups in total. The number of fused-ring (bicyclic) bond motifs is 1. The van der Waals surface area contributed by atoms with Crippen LogP contribution in [0.4, 0.5) is 4.39 Å². The maximum Gasteiger partial charge on any atom is 0.172 e. The van der Waals surface area contributed by atoms with Gasteiger partial charge >= 0.3 is 0 Å². The van der Waals surface area contributed by atoms with Crippen LogP contribution in [-0.2, 0) is 0 Å². The van der Waals surface area contributed by atoms with Gasteiger partial charge in [-0.15, -0.1) is 0 Å². The number of hydrogen-bond acceptors (Lipinski definition) is 1. The van der Waals surface area contributed by atoms with Crippen LogP contribution in [0.1, 0.15) is 5.56 Å². The molecule has 0 saturated carbocycles. The van der Waals surface area contributed by atoms with Gasteiger partial charge in [-0.3, -0.25) is 0 Å². The SMILES string of the molecule is Cc1cccc2ccc(O)c(F)c12. The highest BCUT2D eigenvalue weighted by Crippen LogP contribution is 2.27. The van der Waals surface area contributed by atoms with Crippen LogP contribution in [0.25, 0.3) is 10.8 Å². The Hall–Kier alpha value is -1.57. The third-order valence-corrected chi connectivity index (χ3v) is 2.17. The first-order chi connectivity index (χ1) is 6.20. The first-order valence-electron chi connectivity index (χ1n) is 4.07. The zero-order valence-electron chi connectivity index (χ0n) is 7.21. The lowest BCUT2D eigenvalue weighted by atomic mass is 10.0. The maximum atomic E-state index is 13.4. The fourth-order valence-corrected chi connectivity index (χ4v) is 1.50. The molecule has 66 valence electrons. The molecule has 0 amide bonds. The standard InChI is InChI=1S/C11H9FO/c1-7-3-2-4-8-5-6-9(13)11(12)10(7)8/h2-6,13H,1H3. The van der Waals surface area contributed by atoms with Crippen molar-refractivity contribution in [2.45, 2.75) is 6.92 Å². The van der Waals surface area contributed by atoms with E-state index in [1.807, 2.05) is 25.1 Å². The van der Waals surface area contributed by atoms with Gasteiger partial charge in [0.25, 0.3) is 0 Å². The van der Waals surface area contributed by atoms with E-state index in [-0.39, 0.29) is 5.75 Å². The Bertz CT molecular complexity index is 463. The molecule has 0 fully saturated rings. The van der Waals surface area contributed by atoms with Crippen LogP contribution in [0.2, 0.25) is 0 Å². The lowest BCUT2D eigenvalue weighted by Crippen LogP contribution is -1.84. The number of aryl methyl sites for hydroxylation is 1. The third-order valence-electron chi connectivity index (χ3n) is 2.17. The molecule has 0 heterocycles. The van der Waals surface area contributed by atoms with E-state index in [4.69, 9.17) is 5.11 Å². The van der Waals surface area contributed by atoms with E-state index >= 15 is 0 Å². The second-order valence-electron chi connectivity index (χ2n) is 3.07. The van der Waals surface area contributed by atoms with Gasteiger partial charge in [-0.05, 0) is 23.9 Å². The summed E-state index contributed by atoms with van der Waals surface area (Å²) in [6, 6.07) is 8.60. The Balaban J connectivity index is 2.97. The first kappa shape index (κ1) is 8.05. The monoisotopic (exact) mass is 176 g/mol. The molecule has 2 aromatic rings. The van der Waals surface area contributed by atoms with E-state index in [0.717, 1.165) is 10.9 Å². The average Bonchev–Trinajstić information content (AvgIpc) is 2.12. The summed E-state index contributed by atoms with van der Waals surface area (Å²) in [6.07, 6.45) is 0. The highest BCUT2D eigenvalue weighted by molar-refractivity contribution is 5.87. The third kappa shape index (κ3) is 1.15. The van der Waals surface area contributed by atoms with Crippen molar-refractivity contribution < 1.29 is 9.50 Å². The predicted octanol–water partition coefficient (Wildman–Crippen LogP) is 2.99. The van der Waals surface area contributed by atoms with Gasteiger partial charge in [0, 0.05) is 5.39 Å². The van der Waals surface area contributed by atoms with Crippen molar-refractivity contribution in [1.29, 1.82) is 0 Å². The summed E-state index contributed by atoms with van der Waals surface area (Å²) < 4.78 is 13.4. The van der Waals surface area contributed by atoms with Crippen LogP contribution >= 0.6 is 0 Å². The molecule has 0 atom stereocenters. The van der Waals surface area contributed by atoms with Crippen molar-refractivity contribution in [3.63, 3.8) is 0 Å². The van der Waals surface area contributed by atoms with Crippen LogP contribution in [0.15, 0.2) is 30.3 Å². The van der Waals surface area contributed by atoms with Gasteiger partial charge in [-0.1, -0.05) is 24.3 Å². The molecule has 2 heteroatoms. The quantitative estimate of drug-likeness (QED) is 0.654. The normalized spacial score (nSPS) is 10.6. The highest BCUT2D eigenvalue weighted by atomic mass is 19.1. The summed E-state index contributed by atoms with van der Waals surface area (Å²) >= 11 is 0. The topological polar surface area (TPSA) is 20.2 Å². The van der Waals surface area contributed by atoms with E-state index in [0.29, 0.717) is 5.39 Å². The lowest BCUT2D eigenvalue weighted by Gasteiger charge is -2.03. The Morgan fingerprint density at radius 2 is 1.92 bits per heavy atom. The van der Waals surface area contributed by atoms with Gasteiger partial charge in [-0.2, -0.15) is 0 Å². The van der Waals surface area contributed by atoms with Gasteiger partial charge < -0.3 is 5.11 Å². The van der Waals surface area contributed by atoms with Gasteiger partial charge in [0.15, 0.2) is 11.6 Å². The molecule has 0 aliphatic carbocycles. The van der Waals surface area contributed by atoms with E-state index in [1.54, 1.807) is 6.07 Å². The second kappa shape index (κ2) is 2.73. The summed E-state index contributed by atoms with van der Waals surface area (Å²) in [5, 5.41) is 10.5. The van der Waals surface area contributed by atoms with Crippen LogP contribution in [0.5, 0.6) is 5.75 Å². The van der Waals surface area contributed by atoms with Crippen molar-refractivity contribution in [2.75, 3.05) is 0 Å². The van der Waals surface area contributed by atoms with Crippen molar-refractivity contribution in [1.82, 2.24) is 0 Å². The molecule has 13 heavy (non-hydrogen) atoms. The molecule has 0 spiro atoms. The van der Waals surface area contributed by atoms with Crippen molar-refractivity contribution >= 4 is 10.8 Å². The van der Waals surface area contributed by atoms with Crippen LogP contribution in [0.3, 0.4) is 0 Å². The van der Waals surface area contributed by atoms with Crippen LogP contribution < -0.4 is 0 Å². The number of halogens is 1. The van der Waals surface area contributed by atoms with Crippen molar-refractivity contribution in [2.24, 2.45) is 0 Å². The largest absolute Gasteiger partial charge is 0.505 e. The molecule has 0 radical (unpaired) electrons. The summed E-state index contributed by atoms with van der Waals surface area (Å²) in [6.45, 7) is 1.82. The Kier molecular flexibility index (Phi) is 1.69. The number of phenolic OH excluding ortho intramolecular Hbond substituents is 1. The molecule has 1 nitrogen and oxygen atoms in total. The summed E-state index contributed by atoms with van der Waals surface area (Å²) in [7, 11) is 0. The van der Waals surface area contributed by atoms with E-state index in [1.165, 1.54) is 6.07 Å². The minimum Gasteiger partial charge on any atom is -0.505 e. The van der Waals surface area contributed by atoms with E-state index in [9.17, 15) is 4.39 Å². The Labute approximate surface area is 75.4 Å². The number of benzene rings is 2. The number of aromatic hydroxyl groups is 1. The highest BCUT2D eigenvalue weighted by Gasteiger charge is 2.07. The van der Waals surface area contributed by atoms with Gasteiger partial charge in [-0.25, -0.2) is 4.39 Å². The van der Waals surface area contributed by atoms with Crippen molar-refractivity contribution in [3.8, 4) is 5.75 Å². The van der Waals surface area contributed by atoms with E-state index < -0.39 is 5.82 Å². The second-order valence-corrected chi connectivity index (χ2v) is 3.07. The van der Waals surface area contributed by atoms with Gasteiger partial charge in [0.2, 0.25) is 0 Å². The average molecular weight is 176 g/mol. The maximum absolute atomic E-state index is 13.4. The summed E-state index contributed by atoms with van der Waals surface area (Å²) in [4.78, 5) is 0. The number of rotatable bonds is 0. The number of hydrogen-bond donors (Lipinski definition) is 1. The van der Waals surface area contributed by atoms with Crippen LogP contribution in [-0.4, -0.2) is 5.11 Å². The molecular formula is C11H9FO. The molecule has 0 bridgehead atoms. The minimum absolute atomic E-state index is 0.290. The molecule has 2 rings (SSSR count). The molecular weight excluding hydrogens is 167 g/mol. The fourth-order valence-electron chi connectivity index (χ4n) is 1.50. The Morgan fingerprint density at radius 1 is 1.15 bits per heavy atom. The predicted molar refractivity (Wildman–Crippen MR) is 50.3 cm³/mol. The molecule has 0 aliphatic heterocycles.